The van der Waals surface area contributed by atoms with Gasteiger partial charge in [0.2, 0.25) is 0 Å². The van der Waals surface area contributed by atoms with Crippen molar-refractivity contribution in [2.24, 2.45) is 0 Å². The van der Waals surface area contributed by atoms with Crippen LogP contribution in [0.3, 0.4) is 0 Å². The number of carbonyl (C=O) groups is 1. The fourth-order valence-electron chi connectivity index (χ4n) is 1.80. The fraction of sp³-hybridized carbons (Fsp3) is 0.118. The molecule has 0 aromatic heterocycles. The van der Waals surface area contributed by atoms with Crippen molar-refractivity contribution in [1.82, 2.24) is 0 Å². The molecule has 20 heavy (non-hydrogen) atoms. The number of hydrogen-bond acceptors (Lipinski definition) is 2. The lowest BCUT2D eigenvalue weighted by atomic mass is 10.1. The molecule has 0 aliphatic rings. The minimum absolute atomic E-state index is 0.0481. The molecule has 0 amide bonds. The molecule has 2 rings (SSSR count). The Bertz CT molecular complexity index is 618. The Morgan fingerprint density at radius 2 is 1.95 bits per heavy atom. The van der Waals surface area contributed by atoms with E-state index in [1.54, 1.807) is 36.4 Å². The van der Waals surface area contributed by atoms with E-state index in [2.05, 4.69) is 0 Å². The third-order valence-corrected chi connectivity index (χ3v) is 2.98. The molecule has 0 atom stereocenters. The predicted molar refractivity (Wildman–Crippen MR) is 82.4 cm³/mol. The van der Waals surface area contributed by atoms with E-state index >= 15 is 0 Å². The molecule has 0 radical (unpaired) electrons. The van der Waals surface area contributed by atoms with Crippen LogP contribution in [0.1, 0.15) is 22.8 Å². The number of allylic oxidation sites excluding steroid dienone is 1. The molecule has 2 aromatic carbocycles. The summed E-state index contributed by atoms with van der Waals surface area (Å²) in [6.45, 7) is 2.48. The number of hydrogen-bond donors (Lipinski definition) is 0. The highest BCUT2D eigenvalue weighted by atomic mass is 35.5. The van der Waals surface area contributed by atoms with E-state index in [1.165, 1.54) is 6.08 Å². The summed E-state index contributed by atoms with van der Waals surface area (Å²) in [4.78, 5) is 12.0. The van der Waals surface area contributed by atoms with E-state index in [-0.39, 0.29) is 5.78 Å². The van der Waals surface area contributed by atoms with Gasteiger partial charge in [-0.15, -0.1) is 0 Å². The number of rotatable bonds is 5. The molecule has 0 saturated carbocycles. The normalized spacial score (nSPS) is 10.7. The number of halogens is 1. The van der Waals surface area contributed by atoms with E-state index in [1.807, 2.05) is 25.1 Å². The lowest BCUT2D eigenvalue weighted by Gasteiger charge is -2.07. The van der Waals surface area contributed by atoms with Crippen LogP contribution < -0.4 is 4.74 Å². The number of ketones is 1. The quantitative estimate of drug-likeness (QED) is 0.591. The minimum atomic E-state index is -0.0481. The van der Waals surface area contributed by atoms with Gasteiger partial charge in [0.15, 0.2) is 5.78 Å². The molecule has 0 fully saturated rings. The van der Waals surface area contributed by atoms with Crippen molar-refractivity contribution in [2.75, 3.05) is 6.61 Å². The third kappa shape index (κ3) is 3.72. The zero-order valence-electron chi connectivity index (χ0n) is 11.2. The second kappa shape index (κ2) is 6.92. The van der Waals surface area contributed by atoms with E-state index in [0.717, 1.165) is 5.56 Å². The molecule has 0 aliphatic carbocycles. The molecule has 0 heterocycles. The van der Waals surface area contributed by atoms with Crippen LogP contribution in [0, 0.1) is 0 Å². The van der Waals surface area contributed by atoms with Crippen molar-refractivity contribution in [2.45, 2.75) is 6.92 Å². The molecule has 0 saturated heterocycles. The van der Waals surface area contributed by atoms with Crippen molar-refractivity contribution in [3.63, 3.8) is 0 Å². The Balaban J connectivity index is 2.23. The summed E-state index contributed by atoms with van der Waals surface area (Å²) in [6, 6.07) is 14.5. The minimum Gasteiger partial charge on any atom is -0.493 e. The lowest BCUT2D eigenvalue weighted by Crippen LogP contribution is -1.95. The largest absolute Gasteiger partial charge is 0.493 e. The van der Waals surface area contributed by atoms with Gasteiger partial charge in [0, 0.05) is 16.1 Å². The molecule has 0 spiro atoms. The fourth-order valence-corrected chi connectivity index (χ4v) is 1.98. The molecule has 102 valence electrons. The highest BCUT2D eigenvalue weighted by molar-refractivity contribution is 6.30. The first-order chi connectivity index (χ1) is 9.70. The maximum Gasteiger partial charge on any atom is 0.185 e. The smallest absolute Gasteiger partial charge is 0.185 e. The first-order valence-corrected chi connectivity index (χ1v) is 6.78. The zero-order chi connectivity index (χ0) is 14.4. The summed E-state index contributed by atoms with van der Waals surface area (Å²) in [5, 5.41) is 0.611. The Labute approximate surface area is 123 Å². The Kier molecular flexibility index (Phi) is 4.97. The van der Waals surface area contributed by atoms with Crippen molar-refractivity contribution in [3.05, 3.63) is 70.8 Å². The van der Waals surface area contributed by atoms with Gasteiger partial charge in [-0.25, -0.2) is 0 Å². The van der Waals surface area contributed by atoms with Gasteiger partial charge in [0.25, 0.3) is 0 Å². The topological polar surface area (TPSA) is 26.3 Å². The van der Waals surface area contributed by atoms with Crippen LogP contribution in [0.25, 0.3) is 6.08 Å². The summed E-state index contributed by atoms with van der Waals surface area (Å²) >= 11 is 5.97. The van der Waals surface area contributed by atoms with Crippen LogP contribution in [-0.4, -0.2) is 12.4 Å². The van der Waals surface area contributed by atoms with Gasteiger partial charge >= 0.3 is 0 Å². The molecular weight excluding hydrogens is 272 g/mol. The summed E-state index contributed by atoms with van der Waals surface area (Å²) in [5.41, 5.74) is 1.45. The summed E-state index contributed by atoms with van der Waals surface area (Å²) in [7, 11) is 0. The third-order valence-electron chi connectivity index (χ3n) is 2.74. The standard InChI is InChI=1S/C17H15ClO2/c1-2-20-17-11-9-15(18)12-14(17)8-10-16(19)13-6-4-3-5-7-13/h3-12H,2H2,1H3/b10-8+. The maximum atomic E-state index is 12.0. The Morgan fingerprint density at radius 1 is 1.20 bits per heavy atom. The molecule has 0 unspecified atom stereocenters. The highest BCUT2D eigenvalue weighted by Crippen LogP contribution is 2.24. The van der Waals surface area contributed by atoms with E-state index < -0.39 is 0 Å². The van der Waals surface area contributed by atoms with Crippen LogP contribution in [-0.2, 0) is 0 Å². The van der Waals surface area contributed by atoms with E-state index in [9.17, 15) is 4.79 Å². The van der Waals surface area contributed by atoms with Crippen molar-refractivity contribution in [1.29, 1.82) is 0 Å². The van der Waals surface area contributed by atoms with E-state index in [0.29, 0.717) is 22.9 Å². The molecular formula is C17H15ClO2. The molecule has 0 N–H and O–H groups in total. The van der Waals surface area contributed by atoms with Gasteiger partial charge in [-0.1, -0.05) is 41.9 Å². The summed E-state index contributed by atoms with van der Waals surface area (Å²) in [5.74, 6) is 0.669. The first kappa shape index (κ1) is 14.4. The van der Waals surface area contributed by atoms with Gasteiger partial charge in [0.05, 0.1) is 6.61 Å². The van der Waals surface area contributed by atoms with Crippen molar-refractivity contribution >= 4 is 23.5 Å². The van der Waals surface area contributed by atoms with Crippen LogP contribution >= 0.6 is 11.6 Å². The second-order valence-electron chi connectivity index (χ2n) is 4.18. The molecule has 2 nitrogen and oxygen atoms in total. The summed E-state index contributed by atoms with van der Waals surface area (Å²) in [6.07, 6.45) is 3.26. The average Bonchev–Trinajstić information content (AvgIpc) is 2.48. The van der Waals surface area contributed by atoms with Crippen LogP contribution in [0.2, 0.25) is 5.02 Å². The average molecular weight is 287 g/mol. The van der Waals surface area contributed by atoms with Gasteiger partial charge in [-0.3, -0.25) is 4.79 Å². The Morgan fingerprint density at radius 3 is 2.65 bits per heavy atom. The monoisotopic (exact) mass is 286 g/mol. The molecule has 3 heteroatoms. The second-order valence-corrected chi connectivity index (χ2v) is 4.62. The van der Waals surface area contributed by atoms with Gasteiger partial charge in [0.1, 0.15) is 5.75 Å². The molecule has 2 aromatic rings. The maximum absolute atomic E-state index is 12.0. The first-order valence-electron chi connectivity index (χ1n) is 6.40. The van der Waals surface area contributed by atoms with Crippen LogP contribution in [0.15, 0.2) is 54.6 Å². The van der Waals surface area contributed by atoms with E-state index in [4.69, 9.17) is 16.3 Å². The zero-order valence-corrected chi connectivity index (χ0v) is 11.9. The predicted octanol–water partition coefficient (Wildman–Crippen LogP) is 4.63. The lowest BCUT2D eigenvalue weighted by molar-refractivity contribution is 0.104. The SMILES string of the molecule is CCOc1ccc(Cl)cc1/C=C/C(=O)c1ccccc1. The van der Waals surface area contributed by atoms with Gasteiger partial charge < -0.3 is 4.74 Å². The van der Waals surface area contributed by atoms with Crippen molar-refractivity contribution in [3.8, 4) is 5.75 Å². The number of ether oxygens (including phenoxy) is 1. The Hall–Kier alpha value is -2.06. The van der Waals surface area contributed by atoms with Crippen LogP contribution in [0.5, 0.6) is 5.75 Å². The van der Waals surface area contributed by atoms with Crippen molar-refractivity contribution < 1.29 is 9.53 Å². The summed E-state index contributed by atoms with van der Waals surface area (Å²) < 4.78 is 5.51. The molecule has 0 aliphatic heterocycles. The molecule has 0 bridgehead atoms. The van der Waals surface area contributed by atoms with Crippen LogP contribution in [0.4, 0.5) is 0 Å². The van der Waals surface area contributed by atoms with Gasteiger partial charge in [-0.2, -0.15) is 0 Å². The number of carbonyl (C=O) groups excluding carboxylic acids is 1. The highest BCUT2D eigenvalue weighted by Gasteiger charge is 2.04. The number of benzene rings is 2. The van der Waals surface area contributed by atoms with Gasteiger partial charge in [-0.05, 0) is 37.3 Å².